The SMILES string of the molecule is O=C(NCc1cncs1)c1cc(Br)c[nH]1. The number of aromatic amines is 1. The molecule has 6 heteroatoms. The summed E-state index contributed by atoms with van der Waals surface area (Å²) >= 11 is 4.79. The van der Waals surface area contributed by atoms with Crippen LogP contribution in [-0.2, 0) is 6.54 Å². The van der Waals surface area contributed by atoms with Crippen molar-refractivity contribution in [2.45, 2.75) is 6.54 Å². The highest BCUT2D eigenvalue weighted by Gasteiger charge is 2.07. The number of amides is 1. The number of hydrogen-bond donors (Lipinski definition) is 2. The van der Waals surface area contributed by atoms with E-state index in [1.807, 2.05) is 0 Å². The Kier molecular flexibility index (Phi) is 3.17. The second-order valence-electron chi connectivity index (χ2n) is 2.88. The lowest BCUT2D eigenvalue weighted by Crippen LogP contribution is -2.22. The van der Waals surface area contributed by atoms with E-state index in [4.69, 9.17) is 0 Å². The number of thiazole rings is 1. The van der Waals surface area contributed by atoms with Gasteiger partial charge in [-0.15, -0.1) is 11.3 Å². The summed E-state index contributed by atoms with van der Waals surface area (Å²) in [7, 11) is 0. The molecule has 2 N–H and O–H groups in total. The Morgan fingerprint density at radius 3 is 3.13 bits per heavy atom. The smallest absolute Gasteiger partial charge is 0.268 e. The van der Waals surface area contributed by atoms with Crippen LogP contribution in [0.2, 0.25) is 0 Å². The average Bonchev–Trinajstić information content (AvgIpc) is 2.84. The summed E-state index contributed by atoms with van der Waals surface area (Å²) in [5.41, 5.74) is 2.29. The summed E-state index contributed by atoms with van der Waals surface area (Å²) in [6.45, 7) is 0.514. The molecule has 0 saturated carbocycles. The first-order chi connectivity index (χ1) is 7.25. The maximum Gasteiger partial charge on any atom is 0.268 e. The molecule has 2 heterocycles. The van der Waals surface area contributed by atoms with E-state index in [9.17, 15) is 4.79 Å². The summed E-state index contributed by atoms with van der Waals surface area (Å²) in [6.07, 6.45) is 3.47. The van der Waals surface area contributed by atoms with Gasteiger partial charge >= 0.3 is 0 Å². The normalized spacial score (nSPS) is 10.2. The number of nitrogens with one attached hydrogen (secondary N) is 2. The molecular formula is C9H8BrN3OS. The molecule has 4 nitrogen and oxygen atoms in total. The summed E-state index contributed by atoms with van der Waals surface area (Å²) in [5.74, 6) is -0.117. The molecule has 0 aliphatic carbocycles. The first kappa shape index (κ1) is 10.4. The predicted octanol–water partition coefficient (Wildman–Crippen LogP) is 2.16. The van der Waals surface area contributed by atoms with Crippen molar-refractivity contribution in [1.82, 2.24) is 15.3 Å². The van der Waals surface area contributed by atoms with E-state index < -0.39 is 0 Å². The summed E-state index contributed by atoms with van der Waals surface area (Å²) in [4.78, 5) is 19.4. The van der Waals surface area contributed by atoms with Gasteiger partial charge in [-0.1, -0.05) is 0 Å². The van der Waals surface area contributed by atoms with Gasteiger partial charge in [0.1, 0.15) is 5.69 Å². The molecule has 78 valence electrons. The Hall–Kier alpha value is -1.14. The molecule has 0 aliphatic heterocycles. The van der Waals surface area contributed by atoms with Crippen LogP contribution in [0.1, 0.15) is 15.4 Å². The molecule has 0 aromatic carbocycles. The lowest BCUT2D eigenvalue weighted by molar-refractivity contribution is 0.0947. The van der Waals surface area contributed by atoms with Crippen molar-refractivity contribution < 1.29 is 4.79 Å². The Morgan fingerprint density at radius 2 is 2.53 bits per heavy atom. The van der Waals surface area contributed by atoms with E-state index in [2.05, 4.69) is 31.2 Å². The van der Waals surface area contributed by atoms with Crippen molar-refractivity contribution in [3.8, 4) is 0 Å². The zero-order chi connectivity index (χ0) is 10.7. The number of halogens is 1. The molecule has 0 aliphatic rings. The zero-order valence-corrected chi connectivity index (χ0v) is 10.1. The molecule has 2 aromatic heterocycles. The van der Waals surface area contributed by atoms with E-state index in [0.29, 0.717) is 12.2 Å². The minimum Gasteiger partial charge on any atom is -0.356 e. The van der Waals surface area contributed by atoms with Crippen LogP contribution in [0.5, 0.6) is 0 Å². The molecule has 0 unspecified atom stereocenters. The molecule has 0 atom stereocenters. The van der Waals surface area contributed by atoms with E-state index in [1.165, 1.54) is 11.3 Å². The van der Waals surface area contributed by atoms with Crippen molar-refractivity contribution in [3.63, 3.8) is 0 Å². The first-order valence-electron chi connectivity index (χ1n) is 4.25. The molecule has 15 heavy (non-hydrogen) atoms. The van der Waals surface area contributed by atoms with Crippen molar-refractivity contribution in [2.24, 2.45) is 0 Å². The number of hydrogen-bond acceptors (Lipinski definition) is 3. The highest BCUT2D eigenvalue weighted by molar-refractivity contribution is 9.10. The Labute approximate surface area is 98.9 Å². The monoisotopic (exact) mass is 285 g/mol. The van der Waals surface area contributed by atoms with Gasteiger partial charge in [-0.2, -0.15) is 0 Å². The largest absolute Gasteiger partial charge is 0.356 e. The van der Waals surface area contributed by atoms with Crippen molar-refractivity contribution in [2.75, 3.05) is 0 Å². The second-order valence-corrected chi connectivity index (χ2v) is 4.77. The van der Waals surface area contributed by atoms with Crippen LogP contribution in [0.4, 0.5) is 0 Å². The van der Waals surface area contributed by atoms with Crippen molar-refractivity contribution >= 4 is 33.2 Å². The Balaban J connectivity index is 1.93. The van der Waals surface area contributed by atoms with Crippen LogP contribution < -0.4 is 5.32 Å². The predicted molar refractivity (Wildman–Crippen MR) is 61.8 cm³/mol. The Bertz CT molecular complexity index is 452. The molecule has 0 fully saturated rings. The van der Waals surface area contributed by atoms with Crippen LogP contribution in [0.3, 0.4) is 0 Å². The minimum atomic E-state index is -0.117. The van der Waals surface area contributed by atoms with Gasteiger partial charge in [-0.25, -0.2) is 0 Å². The van der Waals surface area contributed by atoms with Crippen LogP contribution >= 0.6 is 27.3 Å². The topological polar surface area (TPSA) is 57.8 Å². The molecule has 0 spiro atoms. The maximum absolute atomic E-state index is 11.6. The van der Waals surface area contributed by atoms with Crippen molar-refractivity contribution in [3.05, 3.63) is 39.0 Å². The zero-order valence-electron chi connectivity index (χ0n) is 7.66. The van der Waals surface area contributed by atoms with E-state index in [1.54, 1.807) is 24.0 Å². The van der Waals surface area contributed by atoms with Gasteiger partial charge < -0.3 is 10.3 Å². The number of aromatic nitrogens is 2. The van der Waals surface area contributed by atoms with Gasteiger partial charge in [-0.05, 0) is 22.0 Å². The molecule has 2 aromatic rings. The van der Waals surface area contributed by atoms with Gasteiger partial charge in [0.15, 0.2) is 0 Å². The van der Waals surface area contributed by atoms with E-state index in [-0.39, 0.29) is 5.91 Å². The quantitative estimate of drug-likeness (QED) is 0.908. The lowest BCUT2D eigenvalue weighted by atomic mass is 10.4. The highest BCUT2D eigenvalue weighted by Crippen LogP contribution is 2.11. The number of H-pyrrole nitrogens is 1. The number of carbonyl (C=O) groups excluding carboxylic acids is 1. The third-order valence-electron chi connectivity index (χ3n) is 1.80. The second kappa shape index (κ2) is 4.59. The molecule has 0 radical (unpaired) electrons. The van der Waals surface area contributed by atoms with Gasteiger partial charge in [0, 0.05) is 21.7 Å². The lowest BCUT2D eigenvalue weighted by Gasteiger charge is -2.00. The number of carbonyl (C=O) groups is 1. The fourth-order valence-corrected chi connectivity index (χ4v) is 1.97. The highest BCUT2D eigenvalue weighted by atomic mass is 79.9. The van der Waals surface area contributed by atoms with E-state index >= 15 is 0 Å². The van der Waals surface area contributed by atoms with Crippen LogP contribution in [0, 0.1) is 0 Å². The molecule has 1 amide bonds. The fraction of sp³-hybridized carbons (Fsp3) is 0.111. The first-order valence-corrected chi connectivity index (χ1v) is 5.92. The van der Waals surface area contributed by atoms with E-state index in [0.717, 1.165) is 9.35 Å². The molecule has 0 bridgehead atoms. The van der Waals surface area contributed by atoms with Gasteiger partial charge in [0.05, 0.1) is 12.1 Å². The van der Waals surface area contributed by atoms with Crippen LogP contribution in [0.25, 0.3) is 0 Å². The third-order valence-corrected chi connectivity index (χ3v) is 3.04. The minimum absolute atomic E-state index is 0.117. The summed E-state index contributed by atoms with van der Waals surface area (Å²) in [6, 6.07) is 1.74. The van der Waals surface area contributed by atoms with Gasteiger partial charge in [0.25, 0.3) is 5.91 Å². The number of nitrogens with zero attached hydrogens (tertiary/aromatic N) is 1. The summed E-state index contributed by atoms with van der Waals surface area (Å²) in [5, 5.41) is 2.79. The number of rotatable bonds is 3. The average molecular weight is 286 g/mol. The van der Waals surface area contributed by atoms with Crippen molar-refractivity contribution in [1.29, 1.82) is 0 Å². The fourth-order valence-electron chi connectivity index (χ4n) is 1.09. The maximum atomic E-state index is 11.6. The van der Waals surface area contributed by atoms with Gasteiger partial charge in [0.2, 0.25) is 0 Å². The van der Waals surface area contributed by atoms with Crippen LogP contribution in [0.15, 0.2) is 28.4 Å². The van der Waals surface area contributed by atoms with Crippen LogP contribution in [-0.4, -0.2) is 15.9 Å². The summed E-state index contributed by atoms with van der Waals surface area (Å²) < 4.78 is 0.866. The Morgan fingerprint density at radius 1 is 1.67 bits per heavy atom. The van der Waals surface area contributed by atoms with Gasteiger partial charge in [-0.3, -0.25) is 9.78 Å². The molecular weight excluding hydrogens is 278 g/mol. The standard InChI is InChI=1S/C9H8BrN3OS/c10-6-1-8(12-2-6)9(14)13-4-7-3-11-5-15-7/h1-3,5,12H,4H2,(H,13,14). The molecule has 0 saturated heterocycles. The molecule has 2 rings (SSSR count). The third kappa shape index (κ3) is 2.66.